The maximum atomic E-state index is 13.2. The Labute approximate surface area is 128 Å². The molecule has 1 aliphatic rings. The molecule has 0 saturated carbocycles. The van der Waals surface area contributed by atoms with Gasteiger partial charge in [0.05, 0.1) is 5.69 Å². The van der Waals surface area contributed by atoms with Crippen molar-refractivity contribution in [2.45, 2.75) is 9.79 Å². The third kappa shape index (κ3) is 3.39. The predicted molar refractivity (Wildman–Crippen MR) is 72.3 cm³/mol. The second-order valence-electron chi connectivity index (χ2n) is 4.15. The highest BCUT2D eigenvalue weighted by Gasteiger charge is 2.28. The molecule has 1 heterocycles. The van der Waals surface area contributed by atoms with Gasteiger partial charge in [0, 0.05) is 11.6 Å². The van der Waals surface area contributed by atoms with Gasteiger partial charge in [-0.3, -0.25) is 9.11 Å². The normalized spacial score (nSPS) is 15.7. The van der Waals surface area contributed by atoms with Crippen molar-refractivity contribution in [2.75, 3.05) is 5.73 Å². The smallest absolute Gasteiger partial charge is 0.296 e. The number of rotatable bonds is 3. The van der Waals surface area contributed by atoms with Gasteiger partial charge in [-0.1, -0.05) is 4.48 Å². The number of hydrazone groups is 1. The highest BCUT2D eigenvalue weighted by Crippen LogP contribution is 2.30. The fourth-order valence-corrected chi connectivity index (χ4v) is 3.13. The number of hydrogen-bond acceptors (Lipinski definition) is 8. The van der Waals surface area contributed by atoms with Crippen LogP contribution in [0.1, 0.15) is 5.56 Å². The van der Waals surface area contributed by atoms with Crippen molar-refractivity contribution in [3.05, 3.63) is 29.7 Å². The van der Waals surface area contributed by atoms with Crippen LogP contribution in [0.3, 0.4) is 0 Å². The number of anilines is 1. The van der Waals surface area contributed by atoms with Gasteiger partial charge in [-0.15, -0.1) is 5.10 Å². The van der Waals surface area contributed by atoms with Crippen LogP contribution in [0.2, 0.25) is 0 Å². The summed E-state index contributed by atoms with van der Waals surface area (Å²) in [6.45, 7) is 0. The number of hydrazine groups is 1. The first-order chi connectivity index (χ1) is 10.4. The first kappa shape index (κ1) is 17.1. The fourth-order valence-electron chi connectivity index (χ4n) is 1.80. The summed E-state index contributed by atoms with van der Waals surface area (Å²) in [5.41, 5.74) is 4.51. The van der Waals surface area contributed by atoms with Crippen molar-refractivity contribution in [3.8, 4) is 0 Å². The van der Waals surface area contributed by atoms with Gasteiger partial charge < -0.3 is 5.73 Å². The summed E-state index contributed by atoms with van der Waals surface area (Å²) in [5.74, 6) is -1.31. The minimum Gasteiger partial charge on any atom is -0.397 e. The van der Waals surface area contributed by atoms with Gasteiger partial charge in [0.1, 0.15) is 15.5 Å². The van der Waals surface area contributed by atoms with Gasteiger partial charge in [0.25, 0.3) is 20.2 Å². The minimum absolute atomic E-state index is 0.504. The number of hydrogen-bond donors (Lipinski definition) is 4. The van der Waals surface area contributed by atoms with E-state index < -0.39 is 58.3 Å². The average molecular weight is 370 g/mol. The van der Waals surface area contributed by atoms with Crippen LogP contribution >= 0.6 is 0 Å². The maximum absolute atomic E-state index is 13.2. The highest BCUT2D eigenvalue weighted by atomic mass is 32.2. The molecule has 10 nitrogen and oxygen atoms in total. The van der Waals surface area contributed by atoms with Gasteiger partial charge in [0.2, 0.25) is 5.95 Å². The molecule has 5 N–H and O–H groups in total. The van der Waals surface area contributed by atoms with Crippen LogP contribution in [-0.4, -0.2) is 37.0 Å². The molecule has 0 atom stereocenters. The molecular formula is C9H8F2N4O6S2. The molecule has 1 aliphatic heterocycles. The summed E-state index contributed by atoms with van der Waals surface area (Å²) in [7, 11) is -9.83. The molecule has 1 aromatic carbocycles. The molecule has 0 bridgehead atoms. The van der Waals surface area contributed by atoms with E-state index in [4.69, 9.17) is 14.8 Å². The molecule has 0 aliphatic carbocycles. The zero-order chi connectivity index (χ0) is 17.6. The summed E-state index contributed by atoms with van der Waals surface area (Å²) in [6.07, 6.45) is 0.504. The van der Waals surface area contributed by atoms with E-state index in [1.165, 1.54) is 5.43 Å². The van der Waals surface area contributed by atoms with Crippen LogP contribution in [0.5, 0.6) is 0 Å². The number of nitrogens with one attached hydrogen (secondary N) is 1. The Morgan fingerprint density at radius 2 is 1.65 bits per heavy atom. The second-order valence-corrected chi connectivity index (χ2v) is 6.93. The van der Waals surface area contributed by atoms with Gasteiger partial charge >= 0.3 is 0 Å². The standard InChI is InChI=1S/C9H8F2N4O6S2/c10-7-3-4(13-15(11)14-7)8-5(22(16,17)18)1-2-6(9(8)12)23(19,20)21/h1-3,14H,12H2,(H,16,17,18)(H,19,20,21). The summed E-state index contributed by atoms with van der Waals surface area (Å²) in [6, 6.07) is 1.19. The van der Waals surface area contributed by atoms with E-state index in [0.29, 0.717) is 18.2 Å². The topological polar surface area (TPSA) is 162 Å². The van der Waals surface area contributed by atoms with E-state index in [2.05, 4.69) is 5.10 Å². The van der Waals surface area contributed by atoms with Gasteiger partial charge in [0.15, 0.2) is 0 Å². The molecule has 0 radical (unpaired) electrons. The minimum atomic E-state index is -4.95. The van der Waals surface area contributed by atoms with Gasteiger partial charge in [-0.25, -0.2) is 5.43 Å². The molecular weight excluding hydrogens is 362 g/mol. The lowest BCUT2D eigenvalue weighted by atomic mass is 10.1. The third-order valence-corrected chi connectivity index (χ3v) is 4.45. The number of nitrogen functional groups attached to an aromatic ring is 1. The van der Waals surface area contributed by atoms with Crippen LogP contribution in [0, 0.1) is 0 Å². The summed E-state index contributed by atoms with van der Waals surface area (Å²) >= 11 is 0. The largest absolute Gasteiger partial charge is 0.397 e. The average Bonchev–Trinajstić information content (AvgIpc) is 2.34. The summed E-state index contributed by atoms with van der Waals surface area (Å²) < 4.78 is 89.7. The first-order valence-electron chi connectivity index (χ1n) is 5.47. The molecule has 0 fully saturated rings. The number of nitrogens with zero attached hydrogens (tertiary/aromatic N) is 2. The second kappa shape index (κ2) is 5.41. The Kier molecular flexibility index (Phi) is 4.02. The van der Waals surface area contributed by atoms with Crippen LogP contribution < -0.4 is 11.2 Å². The molecule has 0 unspecified atom stereocenters. The first-order valence-corrected chi connectivity index (χ1v) is 8.35. The Balaban J connectivity index is 2.89. The quantitative estimate of drug-likeness (QED) is 0.248. The van der Waals surface area contributed by atoms with Crippen molar-refractivity contribution in [2.24, 2.45) is 5.10 Å². The SMILES string of the molecule is Nc1c(S(=O)(=O)O)ccc(S(=O)(=O)O)c1C1=NN(F)NC(F)=C1. The summed E-state index contributed by atoms with van der Waals surface area (Å²) in [5, 5.41) is 2.46. The van der Waals surface area contributed by atoms with E-state index in [1.54, 1.807) is 0 Å². The van der Waals surface area contributed by atoms with E-state index in [0.717, 1.165) is 0 Å². The van der Waals surface area contributed by atoms with E-state index in [-0.39, 0.29) is 0 Å². The fraction of sp³-hybridized carbons (Fsp3) is 0. The van der Waals surface area contributed by atoms with Crippen LogP contribution in [0.25, 0.3) is 0 Å². The van der Waals surface area contributed by atoms with E-state index in [9.17, 15) is 25.7 Å². The molecule has 1 aromatic rings. The molecule has 126 valence electrons. The summed E-state index contributed by atoms with van der Waals surface area (Å²) in [4.78, 5) is -1.89. The Bertz CT molecular complexity index is 941. The number of benzene rings is 1. The van der Waals surface area contributed by atoms with Crippen LogP contribution in [0.4, 0.5) is 14.6 Å². The van der Waals surface area contributed by atoms with Crippen LogP contribution in [0.15, 0.2) is 39.1 Å². The lowest BCUT2D eigenvalue weighted by Crippen LogP contribution is -2.30. The number of allylic oxidation sites excluding steroid dienone is 1. The van der Waals surface area contributed by atoms with Gasteiger partial charge in [-0.2, -0.15) is 21.2 Å². The monoisotopic (exact) mass is 370 g/mol. The Morgan fingerprint density at radius 1 is 1.13 bits per heavy atom. The molecule has 2 rings (SSSR count). The highest BCUT2D eigenvalue weighted by molar-refractivity contribution is 7.86. The van der Waals surface area contributed by atoms with Gasteiger partial charge in [-0.05, 0) is 17.5 Å². The van der Waals surface area contributed by atoms with Crippen molar-refractivity contribution >= 4 is 31.6 Å². The zero-order valence-corrected chi connectivity index (χ0v) is 12.4. The van der Waals surface area contributed by atoms with Crippen molar-refractivity contribution in [1.29, 1.82) is 0 Å². The van der Waals surface area contributed by atoms with Crippen molar-refractivity contribution in [1.82, 2.24) is 10.8 Å². The molecule has 14 heteroatoms. The molecule has 0 amide bonds. The number of nitrogens with two attached hydrogens (primary N) is 1. The lowest BCUT2D eigenvalue weighted by Gasteiger charge is -2.18. The Morgan fingerprint density at radius 3 is 2.13 bits per heavy atom. The molecule has 23 heavy (non-hydrogen) atoms. The predicted octanol–water partition coefficient (Wildman–Crippen LogP) is -0.0181. The lowest BCUT2D eigenvalue weighted by molar-refractivity contribution is -0.0273. The van der Waals surface area contributed by atoms with E-state index in [1.807, 2.05) is 0 Å². The van der Waals surface area contributed by atoms with Crippen molar-refractivity contribution < 1.29 is 34.8 Å². The maximum Gasteiger partial charge on any atom is 0.296 e. The number of halogens is 2. The van der Waals surface area contributed by atoms with E-state index >= 15 is 0 Å². The van der Waals surface area contributed by atoms with Crippen LogP contribution in [-0.2, 0) is 20.2 Å². The zero-order valence-electron chi connectivity index (χ0n) is 10.8. The Hall–Kier alpha value is -2.29. The van der Waals surface area contributed by atoms with Crippen molar-refractivity contribution in [3.63, 3.8) is 0 Å². The molecule has 0 spiro atoms. The third-order valence-electron chi connectivity index (χ3n) is 2.64. The molecule has 0 aromatic heterocycles. The molecule has 0 saturated heterocycles.